The van der Waals surface area contributed by atoms with E-state index in [-0.39, 0.29) is 17.1 Å². The number of hydrogen-bond acceptors (Lipinski definition) is 12. The second kappa shape index (κ2) is 12.0. The first-order chi connectivity index (χ1) is 16.0. The quantitative estimate of drug-likeness (QED) is 0.280. The molecule has 1 aliphatic heterocycles. The van der Waals surface area contributed by atoms with E-state index < -0.39 is 61.2 Å². The van der Waals surface area contributed by atoms with Crippen LogP contribution in [0.3, 0.4) is 0 Å². The summed E-state index contributed by atoms with van der Waals surface area (Å²) in [5.74, 6) is -2.67. The van der Waals surface area contributed by atoms with Gasteiger partial charge in [-0.25, -0.2) is 0 Å². The van der Waals surface area contributed by atoms with Crippen molar-refractivity contribution in [3.63, 3.8) is 0 Å². The van der Waals surface area contributed by atoms with Crippen molar-refractivity contribution in [1.29, 1.82) is 0 Å². The van der Waals surface area contributed by atoms with E-state index in [1.54, 1.807) is 0 Å². The van der Waals surface area contributed by atoms with E-state index in [0.29, 0.717) is 6.29 Å². The summed E-state index contributed by atoms with van der Waals surface area (Å²) in [7, 11) is 1.37. The first-order valence-electron chi connectivity index (χ1n) is 10.2. The van der Waals surface area contributed by atoms with Gasteiger partial charge in [0.1, 0.15) is 19.0 Å². The van der Waals surface area contributed by atoms with Crippen LogP contribution in [-0.2, 0) is 42.9 Å². The van der Waals surface area contributed by atoms with Crippen molar-refractivity contribution in [2.45, 2.75) is 58.4 Å². The van der Waals surface area contributed by atoms with Gasteiger partial charge in [-0.15, -0.1) is 0 Å². The largest absolute Gasteiger partial charge is 0.493 e. The summed E-state index contributed by atoms with van der Waals surface area (Å²) in [5, 5.41) is 0. The lowest BCUT2D eigenvalue weighted by molar-refractivity contribution is -0.288. The van der Waals surface area contributed by atoms with Crippen LogP contribution in [0.2, 0.25) is 0 Å². The molecule has 5 atom stereocenters. The van der Waals surface area contributed by atoms with Gasteiger partial charge in [0.25, 0.3) is 0 Å². The smallest absolute Gasteiger partial charge is 0.303 e. The van der Waals surface area contributed by atoms with E-state index in [1.165, 1.54) is 32.2 Å². The highest BCUT2D eigenvalue weighted by molar-refractivity contribution is 5.76. The average Bonchev–Trinajstić information content (AvgIpc) is 2.75. The van der Waals surface area contributed by atoms with Crippen LogP contribution in [0.4, 0.5) is 0 Å². The molecule has 1 aromatic rings. The topological polar surface area (TPSA) is 150 Å². The molecule has 1 heterocycles. The molecular weight excluding hydrogens is 456 g/mol. The highest BCUT2D eigenvalue weighted by atomic mass is 16.7. The lowest BCUT2D eigenvalue weighted by atomic mass is 9.98. The molecule has 186 valence electrons. The molecule has 1 saturated heterocycles. The number of rotatable bonds is 9. The number of esters is 4. The van der Waals surface area contributed by atoms with Crippen molar-refractivity contribution >= 4 is 30.2 Å². The first kappa shape index (κ1) is 26.6. The lowest BCUT2D eigenvalue weighted by Crippen LogP contribution is -2.63. The maximum Gasteiger partial charge on any atom is 0.303 e. The average molecular weight is 482 g/mol. The van der Waals surface area contributed by atoms with Gasteiger partial charge in [0, 0.05) is 33.3 Å². The van der Waals surface area contributed by atoms with Crippen molar-refractivity contribution in [2.75, 3.05) is 13.7 Å². The molecule has 12 heteroatoms. The standard InChI is InChI=1S/C22H26O12/c1-11(24)29-10-18-19(30-12(2)25)20(31-13(3)26)21(32-14(4)27)22(34-18)33-17-8-15(9-23)6-7-16(17)28-5/h6-9,18-22H,10H2,1-5H3/t18-,19+,20-,21+,22+/m0/s1. The van der Waals surface area contributed by atoms with E-state index in [4.69, 9.17) is 33.2 Å². The normalized spacial score (nSPS) is 23.7. The molecular formula is C22H26O12. The van der Waals surface area contributed by atoms with Gasteiger partial charge < -0.3 is 33.2 Å². The number of ether oxygens (including phenoxy) is 7. The van der Waals surface area contributed by atoms with E-state index in [9.17, 15) is 24.0 Å². The number of methoxy groups -OCH3 is 1. The Morgan fingerprint density at radius 2 is 1.44 bits per heavy atom. The molecule has 1 aliphatic rings. The molecule has 0 aliphatic carbocycles. The van der Waals surface area contributed by atoms with Crippen LogP contribution in [-0.4, -0.2) is 74.6 Å². The molecule has 1 aromatic carbocycles. The molecule has 0 unspecified atom stereocenters. The summed E-state index contributed by atoms with van der Waals surface area (Å²) >= 11 is 0. The van der Waals surface area contributed by atoms with Crippen molar-refractivity contribution in [1.82, 2.24) is 0 Å². The van der Waals surface area contributed by atoms with Crippen LogP contribution in [0.15, 0.2) is 18.2 Å². The third-order valence-corrected chi connectivity index (χ3v) is 4.52. The van der Waals surface area contributed by atoms with E-state index in [1.807, 2.05) is 0 Å². The van der Waals surface area contributed by atoms with Crippen molar-refractivity contribution in [3.8, 4) is 11.5 Å². The van der Waals surface area contributed by atoms with E-state index >= 15 is 0 Å². The Kier molecular flexibility index (Phi) is 9.36. The van der Waals surface area contributed by atoms with E-state index in [0.717, 1.165) is 20.8 Å². The lowest BCUT2D eigenvalue weighted by Gasteiger charge is -2.44. The number of carbonyl (C=O) groups excluding carboxylic acids is 5. The molecule has 2 rings (SSSR count). The van der Waals surface area contributed by atoms with Crippen LogP contribution in [0, 0.1) is 0 Å². The summed E-state index contributed by atoms with van der Waals surface area (Å²) in [5.41, 5.74) is 0.251. The highest BCUT2D eigenvalue weighted by Crippen LogP contribution is 2.34. The summed E-state index contributed by atoms with van der Waals surface area (Å²) in [6, 6.07) is 4.33. The van der Waals surface area contributed by atoms with Crippen molar-refractivity contribution < 1.29 is 57.1 Å². The fraction of sp³-hybridized carbons (Fsp3) is 0.500. The second-order valence-electron chi connectivity index (χ2n) is 7.21. The molecule has 0 N–H and O–H groups in total. The third kappa shape index (κ3) is 7.17. The van der Waals surface area contributed by atoms with Crippen LogP contribution >= 0.6 is 0 Å². The Morgan fingerprint density at radius 1 is 0.853 bits per heavy atom. The number of carbonyl (C=O) groups is 5. The second-order valence-corrected chi connectivity index (χ2v) is 7.21. The molecule has 0 bridgehead atoms. The fourth-order valence-corrected chi connectivity index (χ4v) is 3.27. The SMILES string of the molecule is COc1ccc(C=O)cc1O[C@@H]1O[C@@H](COC(C)=O)[C@@H](OC(C)=O)[C@H](OC(C)=O)[C@H]1OC(C)=O. The van der Waals surface area contributed by atoms with Gasteiger partial charge in [0.2, 0.25) is 12.4 Å². The molecule has 0 amide bonds. The predicted molar refractivity (Wildman–Crippen MR) is 111 cm³/mol. The Bertz CT molecular complexity index is 926. The predicted octanol–water partition coefficient (Wildman–Crippen LogP) is 0.970. The summed E-state index contributed by atoms with van der Waals surface area (Å²) < 4.78 is 38.0. The first-order valence-corrected chi connectivity index (χ1v) is 10.2. The molecule has 0 saturated carbocycles. The third-order valence-electron chi connectivity index (χ3n) is 4.52. The number of benzene rings is 1. The molecule has 0 radical (unpaired) electrons. The van der Waals surface area contributed by atoms with E-state index in [2.05, 4.69) is 0 Å². The van der Waals surface area contributed by atoms with Gasteiger partial charge in [-0.1, -0.05) is 0 Å². The van der Waals surface area contributed by atoms with Crippen LogP contribution in [0.1, 0.15) is 38.1 Å². The minimum Gasteiger partial charge on any atom is -0.493 e. The zero-order valence-electron chi connectivity index (χ0n) is 19.3. The summed E-state index contributed by atoms with van der Waals surface area (Å²) in [6.07, 6.45) is -6.15. The van der Waals surface area contributed by atoms with Crippen LogP contribution in [0.25, 0.3) is 0 Å². The zero-order valence-corrected chi connectivity index (χ0v) is 19.3. The van der Waals surface area contributed by atoms with Crippen molar-refractivity contribution in [3.05, 3.63) is 23.8 Å². The molecule has 0 aromatic heterocycles. The Morgan fingerprint density at radius 3 is 1.97 bits per heavy atom. The van der Waals surface area contributed by atoms with Crippen LogP contribution < -0.4 is 9.47 Å². The Balaban J connectivity index is 2.53. The fourth-order valence-electron chi connectivity index (χ4n) is 3.27. The number of aldehydes is 1. The van der Waals surface area contributed by atoms with Gasteiger partial charge in [-0.05, 0) is 18.2 Å². The minimum absolute atomic E-state index is 0.0491. The van der Waals surface area contributed by atoms with Gasteiger partial charge in [0.15, 0.2) is 23.7 Å². The molecule has 34 heavy (non-hydrogen) atoms. The highest BCUT2D eigenvalue weighted by Gasteiger charge is 2.53. The van der Waals surface area contributed by atoms with Gasteiger partial charge in [0.05, 0.1) is 7.11 Å². The molecule has 0 spiro atoms. The van der Waals surface area contributed by atoms with Crippen LogP contribution in [0.5, 0.6) is 11.5 Å². The maximum atomic E-state index is 11.9. The maximum absolute atomic E-state index is 11.9. The number of hydrogen-bond donors (Lipinski definition) is 0. The van der Waals surface area contributed by atoms with Gasteiger partial charge in [-0.2, -0.15) is 0 Å². The molecule has 12 nitrogen and oxygen atoms in total. The zero-order chi connectivity index (χ0) is 25.4. The molecule has 1 fully saturated rings. The Labute approximate surface area is 195 Å². The van der Waals surface area contributed by atoms with Gasteiger partial charge in [-0.3, -0.25) is 24.0 Å². The summed E-state index contributed by atoms with van der Waals surface area (Å²) in [4.78, 5) is 58.1. The van der Waals surface area contributed by atoms with Crippen molar-refractivity contribution in [2.24, 2.45) is 0 Å². The van der Waals surface area contributed by atoms with Gasteiger partial charge >= 0.3 is 23.9 Å². The summed E-state index contributed by atoms with van der Waals surface area (Å²) in [6.45, 7) is 4.11. The Hall–Kier alpha value is -3.67. The monoisotopic (exact) mass is 482 g/mol. The minimum atomic E-state index is -1.45.